The molecule has 0 radical (unpaired) electrons. The zero-order valence-electron chi connectivity index (χ0n) is 16.3. The SMILES string of the molecule is COCCn1c(=O)n(C2CCN(C(=O)Cc3cccc(Cl)c3)C2)c2ncccc21. The fourth-order valence-corrected chi connectivity index (χ4v) is 4.16. The molecule has 0 aliphatic carbocycles. The van der Waals surface area contributed by atoms with E-state index >= 15 is 0 Å². The molecule has 0 bridgehead atoms. The standard InChI is InChI=1S/C21H23ClN4O3/c1-29-11-10-25-18-6-3-8-23-20(18)26(21(25)28)17-7-9-24(14-17)19(27)13-15-4-2-5-16(22)12-15/h2-6,8,12,17H,7,9-11,13-14H2,1H3. The van der Waals surface area contributed by atoms with Crippen LogP contribution in [-0.4, -0.2) is 51.7 Å². The Morgan fingerprint density at radius 2 is 2.17 bits per heavy atom. The highest BCUT2D eigenvalue weighted by molar-refractivity contribution is 6.30. The molecule has 1 saturated heterocycles. The Kier molecular flexibility index (Phi) is 5.69. The van der Waals surface area contributed by atoms with Crippen LogP contribution in [0.15, 0.2) is 47.4 Å². The number of ether oxygens (including phenoxy) is 1. The van der Waals surface area contributed by atoms with E-state index < -0.39 is 0 Å². The number of pyridine rings is 1. The summed E-state index contributed by atoms with van der Waals surface area (Å²) in [7, 11) is 1.61. The molecule has 1 fully saturated rings. The zero-order valence-corrected chi connectivity index (χ0v) is 17.0. The van der Waals surface area contributed by atoms with Gasteiger partial charge in [0.25, 0.3) is 0 Å². The lowest BCUT2D eigenvalue weighted by Gasteiger charge is -2.17. The summed E-state index contributed by atoms with van der Waals surface area (Å²) in [5.74, 6) is 0.0406. The summed E-state index contributed by atoms with van der Waals surface area (Å²) in [6.07, 6.45) is 2.72. The minimum absolute atomic E-state index is 0.0406. The second kappa shape index (κ2) is 8.39. The molecule has 0 spiro atoms. The monoisotopic (exact) mass is 414 g/mol. The number of methoxy groups -OCH3 is 1. The predicted octanol–water partition coefficient (Wildman–Crippen LogP) is 2.51. The first-order valence-electron chi connectivity index (χ1n) is 9.65. The van der Waals surface area contributed by atoms with Crippen LogP contribution in [0.4, 0.5) is 0 Å². The van der Waals surface area contributed by atoms with E-state index in [4.69, 9.17) is 16.3 Å². The number of rotatable bonds is 6. The van der Waals surface area contributed by atoms with Crippen LogP contribution in [0.5, 0.6) is 0 Å². The molecule has 1 unspecified atom stereocenters. The highest BCUT2D eigenvalue weighted by Crippen LogP contribution is 2.25. The van der Waals surface area contributed by atoms with Crippen LogP contribution in [0.25, 0.3) is 11.2 Å². The molecule has 29 heavy (non-hydrogen) atoms. The maximum Gasteiger partial charge on any atom is 0.330 e. The van der Waals surface area contributed by atoms with Crippen molar-refractivity contribution in [1.82, 2.24) is 19.0 Å². The maximum atomic E-state index is 13.1. The summed E-state index contributed by atoms with van der Waals surface area (Å²) in [6, 6.07) is 11.0. The topological polar surface area (TPSA) is 69.4 Å². The van der Waals surface area contributed by atoms with E-state index in [2.05, 4.69) is 4.98 Å². The van der Waals surface area contributed by atoms with E-state index in [1.165, 1.54) is 0 Å². The number of hydrogen-bond acceptors (Lipinski definition) is 4. The van der Waals surface area contributed by atoms with E-state index in [1.54, 1.807) is 28.5 Å². The number of carbonyl (C=O) groups excluding carboxylic acids is 1. The van der Waals surface area contributed by atoms with Crippen LogP contribution in [0.3, 0.4) is 0 Å². The van der Waals surface area contributed by atoms with Crippen LogP contribution in [-0.2, 0) is 22.5 Å². The third kappa shape index (κ3) is 3.93. The summed E-state index contributed by atoms with van der Waals surface area (Å²) >= 11 is 6.02. The molecule has 1 aliphatic rings. The zero-order chi connectivity index (χ0) is 20.4. The van der Waals surface area contributed by atoms with Gasteiger partial charge < -0.3 is 9.64 Å². The minimum Gasteiger partial charge on any atom is -0.383 e. The number of aromatic nitrogens is 3. The first-order valence-corrected chi connectivity index (χ1v) is 10.0. The van der Waals surface area contributed by atoms with Crippen molar-refractivity contribution in [3.05, 3.63) is 63.7 Å². The minimum atomic E-state index is -0.107. The van der Waals surface area contributed by atoms with E-state index in [0.29, 0.717) is 43.3 Å². The van der Waals surface area contributed by atoms with Gasteiger partial charge in [0.15, 0.2) is 5.65 Å². The number of nitrogens with zero attached hydrogens (tertiary/aromatic N) is 4. The van der Waals surface area contributed by atoms with Crippen molar-refractivity contribution in [1.29, 1.82) is 0 Å². The molecule has 2 aromatic heterocycles. The molecule has 8 heteroatoms. The van der Waals surface area contributed by atoms with Gasteiger partial charge in [-0.05, 0) is 36.2 Å². The average molecular weight is 415 g/mol. The second-order valence-electron chi connectivity index (χ2n) is 7.23. The van der Waals surface area contributed by atoms with Gasteiger partial charge in [-0.2, -0.15) is 0 Å². The van der Waals surface area contributed by atoms with Crippen LogP contribution >= 0.6 is 11.6 Å². The molecule has 1 aromatic carbocycles. The molecule has 0 N–H and O–H groups in total. The van der Waals surface area contributed by atoms with E-state index in [9.17, 15) is 9.59 Å². The molecule has 1 atom stereocenters. The van der Waals surface area contributed by atoms with Gasteiger partial charge in [0.05, 0.1) is 31.1 Å². The highest BCUT2D eigenvalue weighted by Gasteiger charge is 2.30. The van der Waals surface area contributed by atoms with Gasteiger partial charge in [-0.25, -0.2) is 9.78 Å². The lowest BCUT2D eigenvalue weighted by Crippen LogP contribution is -2.33. The number of benzene rings is 1. The predicted molar refractivity (Wildman–Crippen MR) is 111 cm³/mol. The van der Waals surface area contributed by atoms with E-state index in [1.807, 2.05) is 35.2 Å². The number of likely N-dealkylation sites (tertiary alicyclic amines) is 1. The largest absolute Gasteiger partial charge is 0.383 e. The van der Waals surface area contributed by atoms with Crippen LogP contribution in [0.1, 0.15) is 18.0 Å². The van der Waals surface area contributed by atoms with E-state index in [-0.39, 0.29) is 17.6 Å². The molecule has 152 valence electrons. The number of amides is 1. The molecule has 3 aromatic rings. The molecule has 1 aliphatic heterocycles. The van der Waals surface area contributed by atoms with Crippen molar-refractivity contribution in [2.45, 2.75) is 25.4 Å². The quantitative estimate of drug-likeness (QED) is 0.621. The summed E-state index contributed by atoms with van der Waals surface area (Å²) in [6.45, 7) is 2.03. The molecule has 3 heterocycles. The maximum absolute atomic E-state index is 13.1. The summed E-state index contributed by atoms with van der Waals surface area (Å²) in [5.41, 5.74) is 2.23. The summed E-state index contributed by atoms with van der Waals surface area (Å²) in [5, 5.41) is 0.621. The summed E-state index contributed by atoms with van der Waals surface area (Å²) < 4.78 is 8.58. The number of fused-ring (bicyclic) bond motifs is 1. The Hall–Kier alpha value is -2.64. The fraction of sp³-hybridized carbons (Fsp3) is 0.381. The smallest absolute Gasteiger partial charge is 0.330 e. The lowest BCUT2D eigenvalue weighted by molar-refractivity contribution is -0.129. The fourth-order valence-electron chi connectivity index (χ4n) is 3.95. The highest BCUT2D eigenvalue weighted by atomic mass is 35.5. The van der Waals surface area contributed by atoms with Crippen molar-refractivity contribution in [2.24, 2.45) is 0 Å². The number of hydrogen-bond donors (Lipinski definition) is 0. The van der Waals surface area contributed by atoms with Crippen LogP contribution < -0.4 is 5.69 Å². The van der Waals surface area contributed by atoms with Crippen molar-refractivity contribution >= 4 is 28.7 Å². The van der Waals surface area contributed by atoms with Crippen LogP contribution in [0, 0.1) is 0 Å². The van der Waals surface area contributed by atoms with Crippen LogP contribution in [0.2, 0.25) is 5.02 Å². The lowest BCUT2D eigenvalue weighted by atomic mass is 10.1. The summed E-state index contributed by atoms with van der Waals surface area (Å²) in [4.78, 5) is 32.1. The van der Waals surface area contributed by atoms with Crippen molar-refractivity contribution in [3.8, 4) is 0 Å². The first kappa shape index (κ1) is 19.7. The second-order valence-corrected chi connectivity index (χ2v) is 7.67. The van der Waals surface area contributed by atoms with Gasteiger partial charge in [0, 0.05) is 31.4 Å². The van der Waals surface area contributed by atoms with Crippen molar-refractivity contribution in [3.63, 3.8) is 0 Å². The Morgan fingerprint density at radius 3 is 2.97 bits per heavy atom. The average Bonchev–Trinajstić information content (AvgIpc) is 3.29. The Labute approximate surface area is 173 Å². The molecular weight excluding hydrogens is 392 g/mol. The Morgan fingerprint density at radius 1 is 1.31 bits per heavy atom. The Bertz CT molecular complexity index is 1090. The molecule has 0 saturated carbocycles. The molecule has 7 nitrogen and oxygen atoms in total. The molecule has 1 amide bonds. The molecule has 4 rings (SSSR count). The third-order valence-corrected chi connectivity index (χ3v) is 5.60. The molecular formula is C21H23ClN4O3. The number of halogens is 1. The van der Waals surface area contributed by atoms with Gasteiger partial charge in [0.1, 0.15) is 0 Å². The van der Waals surface area contributed by atoms with Crippen molar-refractivity contribution < 1.29 is 9.53 Å². The van der Waals surface area contributed by atoms with Gasteiger partial charge >= 0.3 is 5.69 Å². The van der Waals surface area contributed by atoms with Gasteiger partial charge in [-0.15, -0.1) is 0 Å². The van der Waals surface area contributed by atoms with Gasteiger partial charge in [0.2, 0.25) is 5.91 Å². The third-order valence-electron chi connectivity index (χ3n) is 5.37. The van der Waals surface area contributed by atoms with Gasteiger partial charge in [-0.3, -0.25) is 13.9 Å². The number of carbonyl (C=O) groups is 1. The number of imidazole rings is 1. The Balaban J connectivity index is 1.56. The first-order chi connectivity index (χ1) is 14.1. The van der Waals surface area contributed by atoms with Crippen molar-refractivity contribution in [2.75, 3.05) is 26.8 Å². The van der Waals surface area contributed by atoms with E-state index in [0.717, 1.165) is 17.5 Å². The normalized spacial score (nSPS) is 16.6. The van der Waals surface area contributed by atoms with Gasteiger partial charge in [-0.1, -0.05) is 23.7 Å².